The molecule has 4 nitrogen and oxygen atoms in total. The first-order chi connectivity index (χ1) is 13.4. The summed E-state index contributed by atoms with van der Waals surface area (Å²) in [5, 5.41) is 3.06. The number of carbonyl (C=O) groups excluding carboxylic acids is 1. The first-order valence-electron chi connectivity index (χ1n) is 9.87. The fraction of sp³-hybridized carbons (Fsp3) is 0.435. The molecule has 1 heterocycles. The van der Waals surface area contributed by atoms with Crippen LogP contribution < -0.4 is 10.1 Å². The van der Waals surface area contributed by atoms with Crippen LogP contribution in [0.2, 0.25) is 0 Å². The second kappa shape index (κ2) is 8.74. The van der Waals surface area contributed by atoms with E-state index < -0.39 is 5.41 Å². The molecule has 1 N–H and O–H groups in total. The molecule has 0 aliphatic carbocycles. The van der Waals surface area contributed by atoms with Gasteiger partial charge in [-0.2, -0.15) is 0 Å². The predicted molar refractivity (Wildman–Crippen MR) is 108 cm³/mol. The fourth-order valence-electron chi connectivity index (χ4n) is 3.55. The third kappa shape index (κ3) is 4.36. The molecule has 0 aromatic heterocycles. The van der Waals surface area contributed by atoms with E-state index in [-0.39, 0.29) is 17.8 Å². The van der Waals surface area contributed by atoms with Crippen molar-refractivity contribution in [1.29, 1.82) is 0 Å². The van der Waals surface area contributed by atoms with Crippen molar-refractivity contribution in [3.8, 4) is 5.75 Å². The van der Waals surface area contributed by atoms with Crippen molar-refractivity contribution in [3.05, 3.63) is 59.4 Å². The first-order valence-corrected chi connectivity index (χ1v) is 9.87. The number of benzene rings is 2. The number of halogens is 1. The maximum atomic E-state index is 13.4. The lowest BCUT2D eigenvalue weighted by Crippen LogP contribution is -2.44. The van der Waals surface area contributed by atoms with Gasteiger partial charge >= 0.3 is 0 Å². The second-order valence-electron chi connectivity index (χ2n) is 7.47. The molecule has 0 radical (unpaired) electrons. The van der Waals surface area contributed by atoms with Gasteiger partial charge in [0.1, 0.15) is 11.6 Å². The first kappa shape index (κ1) is 20.3. The summed E-state index contributed by atoms with van der Waals surface area (Å²) in [6.45, 7) is 7.10. The summed E-state index contributed by atoms with van der Waals surface area (Å²) in [5.41, 5.74) is 1.81. The molecule has 1 amide bonds. The summed E-state index contributed by atoms with van der Waals surface area (Å²) in [6.07, 6.45) is 2.21. The van der Waals surface area contributed by atoms with E-state index in [1.54, 1.807) is 12.1 Å². The summed E-state index contributed by atoms with van der Waals surface area (Å²) in [4.78, 5) is 13.3. The minimum atomic E-state index is -0.717. The molecule has 0 bridgehead atoms. The van der Waals surface area contributed by atoms with Gasteiger partial charge in [-0.1, -0.05) is 19.1 Å². The Bertz CT molecular complexity index is 813. The summed E-state index contributed by atoms with van der Waals surface area (Å²) in [5.74, 6) is 0.433. The molecule has 0 unspecified atom stereocenters. The number of rotatable bonds is 6. The van der Waals surface area contributed by atoms with Gasteiger partial charge in [-0.25, -0.2) is 4.39 Å². The highest BCUT2D eigenvalue weighted by atomic mass is 19.1. The van der Waals surface area contributed by atoms with E-state index in [1.165, 1.54) is 12.1 Å². The van der Waals surface area contributed by atoms with Gasteiger partial charge in [-0.3, -0.25) is 4.79 Å². The van der Waals surface area contributed by atoms with Crippen LogP contribution in [0.15, 0.2) is 42.5 Å². The van der Waals surface area contributed by atoms with Crippen LogP contribution in [0.25, 0.3) is 0 Å². The zero-order valence-electron chi connectivity index (χ0n) is 16.8. The topological polar surface area (TPSA) is 47.6 Å². The van der Waals surface area contributed by atoms with Crippen molar-refractivity contribution < 1.29 is 18.7 Å². The van der Waals surface area contributed by atoms with E-state index in [4.69, 9.17) is 9.47 Å². The molecule has 28 heavy (non-hydrogen) atoms. The predicted octanol–water partition coefficient (Wildman–Crippen LogP) is 5.00. The van der Waals surface area contributed by atoms with Crippen LogP contribution in [0.1, 0.15) is 44.2 Å². The SMILES string of the molecule is CC[C@@H](C)Oc1ccc(NC(=O)C2(c3ccc(F)cc3)CCOCC2)cc1C. The molecule has 150 valence electrons. The molecule has 2 aromatic carbocycles. The quantitative estimate of drug-likeness (QED) is 0.761. The molecule has 2 aromatic rings. The van der Waals surface area contributed by atoms with Crippen molar-refractivity contribution in [2.75, 3.05) is 18.5 Å². The van der Waals surface area contributed by atoms with E-state index in [0.717, 1.165) is 29.0 Å². The Labute approximate surface area is 166 Å². The minimum absolute atomic E-state index is 0.0857. The Morgan fingerprint density at radius 1 is 1.21 bits per heavy atom. The molecule has 0 spiro atoms. The van der Waals surface area contributed by atoms with Crippen molar-refractivity contribution in [1.82, 2.24) is 0 Å². The van der Waals surface area contributed by atoms with Crippen LogP contribution in [0.5, 0.6) is 5.75 Å². The standard InChI is InChI=1S/C23H28FNO3/c1-4-17(3)28-21-10-9-20(15-16(21)2)25-22(26)23(11-13-27-14-12-23)18-5-7-19(24)8-6-18/h5-10,15,17H,4,11-14H2,1-3H3,(H,25,26)/t17-/m1/s1. The van der Waals surface area contributed by atoms with E-state index in [9.17, 15) is 9.18 Å². The van der Waals surface area contributed by atoms with Crippen LogP contribution in [-0.4, -0.2) is 25.2 Å². The highest BCUT2D eigenvalue weighted by Crippen LogP contribution is 2.36. The van der Waals surface area contributed by atoms with Gasteiger partial charge in [-0.05, 0) is 74.6 Å². The van der Waals surface area contributed by atoms with Crippen LogP contribution in [0.3, 0.4) is 0 Å². The van der Waals surface area contributed by atoms with E-state index >= 15 is 0 Å². The molecule has 5 heteroatoms. The monoisotopic (exact) mass is 385 g/mol. The number of anilines is 1. The third-order valence-electron chi connectivity index (χ3n) is 5.51. The highest BCUT2D eigenvalue weighted by molar-refractivity contribution is 5.99. The van der Waals surface area contributed by atoms with E-state index in [1.807, 2.05) is 32.0 Å². The molecule has 0 saturated carbocycles. The van der Waals surface area contributed by atoms with Gasteiger partial charge in [0.05, 0.1) is 11.5 Å². The molecule has 1 atom stereocenters. The lowest BCUT2D eigenvalue weighted by molar-refractivity contribution is -0.125. The van der Waals surface area contributed by atoms with Crippen molar-refractivity contribution in [3.63, 3.8) is 0 Å². The Morgan fingerprint density at radius 2 is 1.89 bits per heavy atom. The van der Waals surface area contributed by atoms with E-state index in [2.05, 4.69) is 12.2 Å². The van der Waals surface area contributed by atoms with Crippen LogP contribution in [0, 0.1) is 12.7 Å². The lowest BCUT2D eigenvalue weighted by Gasteiger charge is -2.36. The Morgan fingerprint density at radius 3 is 2.50 bits per heavy atom. The molecule has 1 saturated heterocycles. The number of amides is 1. The van der Waals surface area contributed by atoms with Gasteiger partial charge < -0.3 is 14.8 Å². The van der Waals surface area contributed by atoms with Gasteiger partial charge in [0, 0.05) is 18.9 Å². The summed E-state index contributed by atoms with van der Waals surface area (Å²) in [6, 6.07) is 11.9. The average molecular weight is 385 g/mol. The Hall–Kier alpha value is -2.40. The summed E-state index contributed by atoms with van der Waals surface area (Å²) in [7, 11) is 0. The van der Waals surface area contributed by atoms with Gasteiger partial charge in [0.15, 0.2) is 0 Å². The molecule has 3 rings (SSSR count). The largest absolute Gasteiger partial charge is 0.490 e. The van der Waals surface area contributed by atoms with Gasteiger partial charge in [0.2, 0.25) is 5.91 Å². The number of hydrogen-bond donors (Lipinski definition) is 1. The number of nitrogens with one attached hydrogen (secondary N) is 1. The summed E-state index contributed by atoms with van der Waals surface area (Å²) >= 11 is 0. The van der Waals surface area contributed by atoms with E-state index in [0.29, 0.717) is 26.1 Å². The van der Waals surface area contributed by atoms with Crippen LogP contribution in [-0.2, 0) is 14.9 Å². The van der Waals surface area contributed by atoms with Crippen molar-refractivity contribution >= 4 is 11.6 Å². The third-order valence-corrected chi connectivity index (χ3v) is 5.51. The Balaban J connectivity index is 1.82. The zero-order valence-corrected chi connectivity index (χ0v) is 16.8. The van der Waals surface area contributed by atoms with Gasteiger partial charge in [-0.15, -0.1) is 0 Å². The number of aryl methyl sites for hydroxylation is 1. The minimum Gasteiger partial charge on any atom is -0.490 e. The Kier molecular flexibility index (Phi) is 6.35. The number of ether oxygens (including phenoxy) is 2. The van der Waals surface area contributed by atoms with Crippen LogP contribution >= 0.6 is 0 Å². The van der Waals surface area contributed by atoms with Crippen molar-refractivity contribution in [2.24, 2.45) is 0 Å². The second-order valence-corrected chi connectivity index (χ2v) is 7.47. The lowest BCUT2D eigenvalue weighted by atomic mass is 9.73. The number of carbonyl (C=O) groups is 1. The zero-order chi connectivity index (χ0) is 20.1. The maximum absolute atomic E-state index is 13.4. The van der Waals surface area contributed by atoms with Crippen LogP contribution in [0.4, 0.5) is 10.1 Å². The average Bonchev–Trinajstić information content (AvgIpc) is 2.71. The molecule has 1 aliphatic rings. The molecular weight excluding hydrogens is 357 g/mol. The number of hydrogen-bond acceptors (Lipinski definition) is 3. The fourth-order valence-corrected chi connectivity index (χ4v) is 3.55. The smallest absolute Gasteiger partial charge is 0.235 e. The maximum Gasteiger partial charge on any atom is 0.235 e. The molecule has 1 fully saturated rings. The highest BCUT2D eigenvalue weighted by Gasteiger charge is 2.41. The molecular formula is C23H28FNO3. The van der Waals surface area contributed by atoms with Crippen molar-refractivity contribution in [2.45, 2.75) is 51.6 Å². The summed E-state index contributed by atoms with van der Waals surface area (Å²) < 4.78 is 24.8. The molecule has 1 aliphatic heterocycles. The van der Waals surface area contributed by atoms with Gasteiger partial charge in [0.25, 0.3) is 0 Å². The normalized spacial score (nSPS) is 17.0.